The van der Waals surface area contributed by atoms with Crippen molar-refractivity contribution in [2.75, 3.05) is 7.11 Å². The lowest BCUT2D eigenvalue weighted by molar-refractivity contribution is 0.0937. The number of amides is 1. The normalized spacial score (nSPS) is 12.0. The van der Waals surface area contributed by atoms with Crippen molar-refractivity contribution >= 4 is 5.91 Å². The third-order valence-electron chi connectivity index (χ3n) is 3.59. The maximum Gasteiger partial charge on any atom is 0.252 e. The minimum Gasteiger partial charge on any atom is -0.496 e. The van der Waals surface area contributed by atoms with Crippen LogP contribution in [0.15, 0.2) is 30.5 Å². The van der Waals surface area contributed by atoms with E-state index in [4.69, 9.17) is 4.74 Å². The lowest BCUT2D eigenvalue weighted by Gasteiger charge is -2.17. The third-order valence-corrected chi connectivity index (χ3v) is 3.59. The number of hydrogen-bond donors (Lipinski definition) is 1. The van der Waals surface area contributed by atoms with Gasteiger partial charge in [0.2, 0.25) is 0 Å². The van der Waals surface area contributed by atoms with Crippen LogP contribution in [-0.4, -0.2) is 22.8 Å². The van der Waals surface area contributed by atoms with Crippen molar-refractivity contribution in [3.8, 4) is 5.75 Å². The second kappa shape index (κ2) is 6.43. The maximum atomic E-state index is 12.4. The van der Waals surface area contributed by atoms with E-state index >= 15 is 0 Å². The topological polar surface area (TPSA) is 56.2 Å². The van der Waals surface area contributed by atoms with Gasteiger partial charge in [0.05, 0.1) is 18.8 Å². The average molecular weight is 287 g/mol. The molecule has 0 aliphatic rings. The van der Waals surface area contributed by atoms with Gasteiger partial charge in [-0.3, -0.25) is 9.48 Å². The summed E-state index contributed by atoms with van der Waals surface area (Å²) in [5.74, 6) is 0.608. The van der Waals surface area contributed by atoms with Crippen LogP contribution in [0.4, 0.5) is 0 Å². The molecule has 21 heavy (non-hydrogen) atoms. The molecular formula is C16H21N3O2. The van der Waals surface area contributed by atoms with Crippen LogP contribution >= 0.6 is 0 Å². The lowest BCUT2D eigenvalue weighted by atomic mass is 10.1. The zero-order valence-corrected chi connectivity index (χ0v) is 12.9. The Morgan fingerprint density at radius 1 is 1.43 bits per heavy atom. The second-order valence-electron chi connectivity index (χ2n) is 4.90. The van der Waals surface area contributed by atoms with E-state index in [1.807, 2.05) is 43.7 Å². The minimum absolute atomic E-state index is 0.106. The molecule has 0 aliphatic heterocycles. The fourth-order valence-corrected chi connectivity index (χ4v) is 2.40. The number of aromatic nitrogens is 2. The highest BCUT2D eigenvalue weighted by Crippen LogP contribution is 2.21. The summed E-state index contributed by atoms with van der Waals surface area (Å²) < 4.78 is 7.13. The quantitative estimate of drug-likeness (QED) is 0.920. The first kappa shape index (κ1) is 15.1. The van der Waals surface area contributed by atoms with Crippen LogP contribution in [0.2, 0.25) is 0 Å². The predicted octanol–water partition coefficient (Wildman–Crippen LogP) is 2.71. The van der Waals surface area contributed by atoms with Gasteiger partial charge in [0.25, 0.3) is 5.91 Å². The molecule has 5 heteroatoms. The fourth-order valence-electron chi connectivity index (χ4n) is 2.40. The second-order valence-corrected chi connectivity index (χ2v) is 4.90. The summed E-state index contributed by atoms with van der Waals surface area (Å²) in [6.45, 7) is 6.64. The highest BCUT2D eigenvalue weighted by Gasteiger charge is 2.17. The molecule has 1 heterocycles. The van der Waals surface area contributed by atoms with E-state index in [0.29, 0.717) is 11.3 Å². The summed E-state index contributed by atoms with van der Waals surface area (Å²) >= 11 is 0. The molecule has 1 aromatic heterocycles. The number of aryl methyl sites for hydroxylation is 1. The molecule has 112 valence electrons. The highest BCUT2D eigenvalue weighted by molar-refractivity contribution is 5.96. The van der Waals surface area contributed by atoms with Gasteiger partial charge >= 0.3 is 0 Å². The van der Waals surface area contributed by atoms with Gasteiger partial charge in [-0.15, -0.1) is 0 Å². The molecule has 1 aromatic carbocycles. The largest absolute Gasteiger partial charge is 0.496 e. The summed E-state index contributed by atoms with van der Waals surface area (Å²) in [7, 11) is 1.60. The monoisotopic (exact) mass is 287 g/mol. The first-order chi connectivity index (χ1) is 10.1. The van der Waals surface area contributed by atoms with Crippen molar-refractivity contribution in [3.63, 3.8) is 0 Å². The van der Waals surface area contributed by atoms with Gasteiger partial charge in [0.1, 0.15) is 5.75 Å². The third kappa shape index (κ3) is 3.07. The maximum absolute atomic E-state index is 12.4. The number of methoxy groups -OCH3 is 1. The molecule has 1 unspecified atom stereocenters. The van der Waals surface area contributed by atoms with Crippen LogP contribution in [-0.2, 0) is 6.54 Å². The van der Waals surface area contributed by atoms with Gasteiger partial charge in [-0.2, -0.15) is 5.10 Å². The SMILES string of the molecule is CCn1nccc1C(C)NC(=O)c1cccc(OC)c1C. The molecule has 1 atom stereocenters. The van der Waals surface area contributed by atoms with Crippen LogP contribution in [0.1, 0.15) is 41.5 Å². The Hall–Kier alpha value is -2.30. The van der Waals surface area contributed by atoms with Crippen LogP contribution in [0, 0.1) is 6.92 Å². The van der Waals surface area contributed by atoms with Crippen molar-refractivity contribution in [2.24, 2.45) is 0 Å². The highest BCUT2D eigenvalue weighted by atomic mass is 16.5. The molecular weight excluding hydrogens is 266 g/mol. The van der Waals surface area contributed by atoms with Gasteiger partial charge in [0.15, 0.2) is 0 Å². The molecule has 0 saturated heterocycles. The van der Waals surface area contributed by atoms with Crippen LogP contribution < -0.4 is 10.1 Å². The Labute approximate surface area is 124 Å². The van der Waals surface area contributed by atoms with Crippen LogP contribution in [0.5, 0.6) is 5.75 Å². The number of nitrogens with zero attached hydrogens (tertiary/aromatic N) is 2. The van der Waals surface area contributed by atoms with Gasteiger partial charge < -0.3 is 10.1 Å². The van der Waals surface area contributed by atoms with E-state index in [1.54, 1.807) is 19.4 Å². The number of carbonyl (C=O) groups is 1. The lowest BCUT2D eigenvalue weighted by Crippen LogP contribution is -2.28. The summed E-state index contributed by atoms with van der Waals surface area (Å²) in [6, 6.07) is 7.29. The smallest absolute Gasteiger partial charge is 0.252 e. The van der Waals surface area contributed by atoms with Crippen molar-refractivity contribution in [1.29, 1.82) is 0 Å². The van der Waals surface area contributed by atoms with Crippen molar-refractivity contribution in [2.45, 2.75) is 33.4 Å². The van der Waals surface area contributed by atoms with Crippen molar-refractivity contribution in [3.05, 3.63) is 47.3 Å². The number of benzene rings is 1. The van der Waals surface area contributed by atoms with E-state index in [0.717, 1.165) is 17.8 Å². The average Bonchev–Trinajstić information content (AvgIpc) is 2.95. The molecule has 0 aliphatic carbocycles. The Bertz CT molecular complexity index is 634. The molecule has 1 N–H and O–H groups in total. The van der Waals surface area contributed by atoms with Gasteiger partial charge in [0, 0.05) is 23.9 Å². The zero-order chi connectivity index (χ0) is 15.4. The number of rotatable bonds is 5. The molecule has 0 spiro atoms. The fraction of sp³-hybridized carbons (Fsp3) is 0.375. The molecule has 0 radical (unpaired) electrons. The molecule has 2 aromatic rings. The summed E-state index contributed by atoms with van der Waals surface area (Å²) in [6.07, 6.45) is 1.75. The summed E-state index contributed by atoms with van der Waals surface area (Å²) in [5, 5.41) is 7.24. The molecule has 2 rings (SSSR count). The van der Waals surface area contributed by atoms with E-state index in [-0.39, 0.29) is 11.9 Å². The molecule has 0 bridgehead atoms. The first-order valence-electron chi connectivity index (χ1n) is 7.04. The van der Waals surface area contributed by atoms with Gasteiger partial charge in [-0.25, -0.2) is 0 Å². The number of ether oxygens (including phenoxy) is 1. The van der Waals surface area contributed by atoms with Crippen molar-refractivity contribution in [1.82, 2.24) is 15.1 Å². The number of nitrogens with one attached hydrogen (secondary N) is 1. The molecule has 1 amide bonds. The van der Waals surface area contributed by atoms with Crippen LogP contribution in [0.3, 0.4) is 0 Å². The Morgan fingerprint density at radius 3 is 2.86 bits per heavy atom. The predicted molar refractivity (Wildman–Crippen MR) is 81.5 cm³/mol. The summed E-state index contributed by atoms with van der Waals surface area (Å²) in [5.41, 5.74) is 2.46. The van der Waals surface area contributed by atoms with Crippen LogP contribution in [0.25, 0.3) is 0 Å². The van der Waals surface area contributed by atoms with E-state index in [2.05, 4.69) is 10.4 Å². The number of carbonyl (C=O) groups excluding carboxylic acids is 1. The van der Waals surface area contributed by atoms with E-state index in [1.165, 1.54) is 0 Å². The van der Waals surface area contributed by atoms with E-state index < -0.39 is 0 Å². The molecule has 0 saturated carbocycles. The number of hydrogen-bond acceptors (Lipinski definition) is 3. The molecule has 0 fully saturated rings. The molecule has 5 nitrogen and oxygen atoms in total. The minimum atomic E-state index is -0.109. The Kier molecular flexibility index (Phi) is 4.62. The zero-order valence-electron chi connectivity index (χ0n) is 12.9. The Balaban J connectivity index is 2.18. The van der Waals surface area contributed by atoms with Crippen molar-refractivity contribution < 1.29 is 9.53 Å². The van der Waals surface area contributed by atoms with Gasteiger partial charge in [-0.05, 0) is 39.0 Å². The first-order valence-corrected chi connectivity index (χ1v) is 7.04. The Morgan fingerprint density at radius 2 is 2.19 bits per heavy atom. The summed E-state index contributed by atoms with van der Waals surface area (Å²) in [4.78, 5) is 12.4. The van der Waals surface area contributed by atoms with Gasteiger partial charge in [-0.1, -0.05) is 6.07 Å². The van der Waals surface area contributed by atoms with E-state index in [9.17, 15) is 4.79 Å². The standard InChI is InChI=1S/C16H21N3O2/c1-5-19-14(9-10-17-19)12(3)18-16(20)13-7-6-8-15(21-4)11(13)2/h6-10,12H,5H2,1-4H3,(H,18,20).